The van der Waals surface area contributed by atoms with E-state index in [1.807, 2.05) is 0 Å². The van der Waals surface area contributed by atoms with Gasteiger partial charge in [-0.15, -0.1) is 0 Å². The molecule has 0 bridgehead atoms. The van der Waals surface area contributed by atoms with Gasteiger partial charge in [0.05, 0.1) is 17.5 Å². The third-order valence-electron chi connectivity index (χ3n) is 10.7. The van der Waals surface area contributed by atoms with E-state index in [0.29, 0.717) is 24.1 Å². The molecule has 11 heteroatoms. The third kappa shape index (κ3) is 4.75. The monoisotopic (exact) mass is 597 g/mol. The van der Waals surface area contributed by atoms with Gasteiger partial charge in [-0.1, -0.05) is 19.3 Å². The minimum absolute atomic E-state index is 0.0272. The molecule has 10 nitrogen and oxygen atoms in total. The number of benzene rings is 1. The minimum Gasteiger partial charge on any atom is -0.507 e. The number of nitrogens with two attached hydrogens (primary N) is 1. The second kappa shape index (κ2) is 10.9. The van der Waals surface area contributed by atoms with Gasteiger partial charge in [0.2, 0.25) is 5.91 Å². The van der Waals surface area contributed by atoms with E-state index in [9.17, 15) is 34.2 Å². The molecular weight excluding hydrogens is 557 g/mol. The molecule has 2 unspecified atom stereocenters. The van der Waals surface area contributed by atoms with Gasteiger partial charge in [0.1, 0.15) is 11.6 Å². The maximum atomic E-state index is 16.3. The van der Waals surface area contributed by atoms with Crippen molar-refractivity contribution in [3.05, 3.63) is 28.6 Å². The number of hydrogen-bond donors (Lipinski definition) is 3. The highest BCUT2D eigenvalue weighted by atomic mass is 19.1. The molecule has 43 heavy (non-hydrogen) atoms. The van der Waals surface area contributed by atoms with Gasteiger partial charge in [0.15, 0.2) is 34.7 Å². The van der Waals surface area contributed by atoms with Crippen molar-refractivity contribution in [2.24, 2.45) is 35.3 Å². The molecule has 5 aliphatic carbocycles. The average molecular weight is 598 g/mol. The van der Waals surface area contributed by atoms with Gasteiger partial charge in [0, 0.05) is 36.2 Å². The molecule has 0 saturated heterocycles. The topological polar surface area (TPSA) is 158 Å². The van der Waals surface area contributed by atoms with Gasteiger partial charge in [0.25, 0.3) is 0 Å². The number of primary amides is 1. The van der Waals surface area contributed by atoms with Crippen molar-refractivity contribution in [2.75, 3.05) is 20.6 Å². The summed E-state index contributed by atoms with van der Waals surface area (Å²) < 4.78 is 16.3. The van der Waals surface area contributed by atoms with Crippen molar-refractivity contribution in [3.63, 3.8) is 0 Å². The zero-order chi connectivity index (χ0) is 31.0. The van der Waals surface area contributed by atoms with E-state index in [1.54, 1.807) is 0 Å². The number of Topliss-reactive ketones (excluding diaryl/α,β-unsaturated/α-hetero) is 4. The Balaban J connectivity index is 1.37. The number of carbonyl (C=O) groups is 5. The fraction of sp³-hybridized carbons (Fsp3) is 0.656. The third-order valence-corrected chi connectivity index (χ3v) is 10.7. The zero-order valence-electron chi connectivity index (χ0n) is 24.7. The van der Waals surface area contributed by atoms with Crippen LogP contribution in [0.25, 0.3) is 0 Å². The highest BCUT2D eigenvalue weighted by Crippen LogP contribution is 2.51. The van der Waals surface area contributed by atoms with Crippen LogP contribution in [0.4, 0.5) is 4.39 Å². The first kappa shape index (κ1) is 30.0. The molecule has 232 valence electrons. The second-order valence-corrected chi connectivity index (χ2v) is 13.7. The lowest BCUT2D eigenvalue weighted by Gasteiger charge is -2.52. The molecule has 1 aromatic rings. The Morgan fingerprint density at radius 1 is 1.07 bits per heavy atom. The van der Waals surface area contributed by atoms with Crippen LogP contribution in [0.1, 0.15) is 72.9 Å². The van der Waals surface area contributed by atoms with Gasteiger partial charge in [-0.2, -0.15) is 0 Å². The van der Waals surface area contributed by atoms with Gasteiger partial charge in [-0.25, -0.2) is 4.39 Å². The molecule has 6 rings (SSSR count). The van der Waals surface area contributed by atoms with Crippen LogP contribution in [0.2, 0.25) is 0 Å². The van der Waals surface area contributed by atoms with E-state index < -0.39 is 75.9 Å². The first-order chi connectivity index (χ1) is 20.4. The van der Waals surface area contributed by atoms with Crippen LogP contribution in [0.15, 0.2) is 6.07 Å². The minimum atomic E-state index is -2.80. The molecule has 0 aliphatic heterocycles. The predicted octanol–water partition coefficient (Wildman–Crippen LogP) is 1.55. The summed E-state index contributed by atoms with van der Waals surface area (Å²) in [4.78, 5) is 70.3. The summed E-state index contributed by atoms with van der Waals surface area (Å²) >= 11 is 0. The van der Waals surface area contributed by atoms with Crippen molar-refractivity contribution in [1.29, 1.82) is 0 Å². The maximum absolute atomic E-state index is 16.3. The molecule has 6 atom stereocenters. The molecule has 0 aromatic heterocycles. The van der Waals surface area contributed by atoms with E-state index in [2.05, 4.69) is 4.90 Å². The largest absolute Gasteiger partial charge is 0.507 e. The molecule has 0 heterocycles. The number of hydrogen-bond acceptors (Lipinski definition) is 9. The molecule has 1 amide bonds. The number of fused-ring (bicyclic) bond motifs is 3. The van der Waals surface area contributed by atoms with Crippen LogP contribution in [0.3, 0.4) is 0 Å². The number of phenols is 1. The zero-order valence-corrected chi connectivity index (χ0v) is 24.7. The van der Waals surface area contributed by atoms with Gasteiger partial charge >= 0.3 is 0 Å². The number of phenolic OH excluding ortho intramolecular Hbond substituents is 1. The molecule has 0 spiro atoms. The van der Waals surface area contributed by atoms with E-state index >= 15 is 4.39 Å². The normalized spacial score (nSPS) is 33.0. The Morgan fingerprint density at radius 3 is 2.35 bits per heavy atom. The predicted molar refractivity (Wildman–Crippen MR) is 151 cm³/mol. The van der Waals surface area contributed by atoms with Gasteiger partial charge in [-0.3, -0.25) is 33.8 Å². The van der Waals surface area contributed by atoms with Crippen molar-refractivity contribution < 1.29 is 38.6 Å². The molecule has 4 saturated carbocycles. The van der Waals surface area contributed by atoms with Gasteiger partial charge in [-0.05, 0) is 70.5 Å². The lowest BCUT2D eigenvalue weighted by molar-refractivity contribution is -0.181. The lowest BCUT2D eigenvalue weighted by atomic mass is 9.52. The number of halogens is 1. The Morgan fingerprint density at radius 2 is 1.74 bits per heavy atom. The molecule has 4 fully saturated rings. The second-order valence-electron chi connectivity index (χ2n) is 13.7. The van der Waals surface area contributed by atoms with Crippen LogP contribution in [0.5, 0.6) is 5.75 Å². The van der Waals surface area contributed by atoms with Crippen molar-refractivity contribution in [3.8, 4) is 5.75 Å². The Labute approximate surface area is 249 Å². The quantitative estimate of drug-likeness (QED) is 0.397. The Hall–Kier alpha value is -3.02. The maximum Gasteiger partial charge on any atom is 0.235 e. The highest BCUT2D eigenvalue weighted by molar-refractivity contribution is 6.32. The Kier molecular flexibility index (Phi) is 7.58. The SMILES string of the molecule is CN(C)[C@@H]1C(=O)C(C(N)=O)C(=O)[C@@]2(O)C(=O)C3C(=O)c4c(O)cc(CN(CC5CC5)C5CCCCC5)c(F)c4C[C@H]3C[C@@H]12. The van der Waals surface area contributed by atoms with E-state index in [0.717, 1.165) is 45.1 Å². The summed E-state index contributed by atoms with van der Waals surface area (Å²) in [5.41, 5.74) is 2.58. The first-order valence-electron chi connectivity index (χ1n) is 15.5. The standard InChI is InChI=1S/C32H40FN3O7/c1-35(2)26-20-11-16-10-19-23(27(38)22(16)29(40)32(20,43)30(41)24(28(26)39)31(34)42)21(37)12-17(25(19)33)14-36(13-15-8-9-15)18-6-4-3-5-7-18/h12,15-16,18,20,22,24,26,37,43H,3-11,13-14H2,1-2H3,(H2,34,42)/t16-,20-,22?,24?,26-,32-/m0/s1. The molecule has 4 N–H and O–H groups in total. The summed E-state index contributed by atoms with van der Waals surface area (Å²) in [6, 6.07) is 0.410. The number of amides is 1. The van der Waals surface area contributed by atoms with Crippen molar-refractivity contribution in [1.82, 2.24) is 9.80 Å². The molecule has 1 aromatic carbocycles. The highest BCUT2D eigenvalue weighted by Gasteiger charge is 2.69. The summed E-state index contributed by atoms with van der Waals surface area (Å²) in [5, 5.41) is 22.8. The number of rotatable bonds is 7. The molecule has 5 aliphatic rings. The summed E-state index contributed by atoms with van der Waals surface area (Å²) in [7, 11) is 3.05. The fourth-order valence-corrected chi connectivity index (χ4v) is 8.46. The fourth-order valence-electron chi connectivity index (χ4n) is 8.46. The number of aliphatic hydroxyl groups is 1. The van der Waals surface area contributed by atoms with Crippen LogP contribution < -0.4 is 5.73 Å². The number of nitrogens with zero attached hydrogens (tertiary/aromatic N) is 2. The van der Waals surface area contributed by atoms with Crippen LogP contribution in [-0.2, 0) is 32.1 Å². The van der Waals surface area contributed by atoms with E-state index in [1.165, 1.54) is 31.5 Å². The van der Waals surface area contributed by atoms with E-state index in [-0.39, 0.29) is 24.0 Å². The lowest BCUT2D eigenvalue weighted by Crippen LogP contribution is -2.74. The van der Waals surface area contributed by atoms with Crippen molar-refractivity contribution >= 4 is 29.0 Å². The Bertz CT molecular complexity index is 1400. The average Bonchev–Trinajstić information content (AvgIpc) is 3.77. The van der Waals surface area contributed by atoms with Crippen LogP contribution in [0, 0.1) is 35.4 Å². The van der Waals surface area contributed by atoms with Gasteiger partial charge < -0.3 is 15.9 Å². The van der Waals surface area contributed by atoms with Crippen molar-refractivity contribution in [2.45, 2.75) is 82.0 Å². The molecule has 0 radical (unpaired) electrons. The van der Waals surface area contributed by atoms with Crippen LogP contribution in [-0.4, -0.2) is 87.4 Å². The van der Waals surface area contributed by atoms with Crippen LogP contribution >= 0.6 is 0 Å². The summed E-state index contributed by atoms with van der Waals surface area (Å²) in [5.74, 6) is -11.5. The summed E-state index contributed by atoms with van der Waals surface area (Å²) in [6.07, 6.45) is 7.65. The summed E-state index contributed by atoms with van der Waals surface area (Å²) in [6.45, 7) is 1.16. The first-order valence-corrected chi connectivity index (χ1v) is 15.5. The number of likely N-dealkylation sites (N-methyl/N-ethyl adjacent to an activating group) is 1. The number of aromatic hydroxyl groups is 1. The number of carbonyl (C=O) groups excluding carboxylic acids is 5. The smallest absolute Gasteiger partial charge is 0.235 e. The number of ketones is 4. The molecular formula is C32H40FN3O7. The van der Waals surface area contributed by atoms with E-state index in [4.69, 9.17) is 5.73 Å².